The van der Waals surface area contributed by atoms with Crippen LogP contribution in [0.4, 0.5) is 0 Å². The van der Waals surface area contributed by atoms with Crippen LogP contribution in [0.25, 0.3) is 0 Å². The molecule has 6 heteroatoms. The van der Waals surface area contributed by atoms with Gasteiger partial charge in [0.1, 0.15) is 0 Å². The third kappa shape index (κ3) is 53.9. The number of esters is 1. The summed E-state index contributed by atoms with van der Waals surface area (Å²) in [6, 6.07) is -0.541. The molecule has 0 aromatic carbocycles. The molecular weight excluding hydrogens is 839 g/mol. The largest absolute Gasteiger partial charge is 0.466 e. The maximum atomic E-state index is 12.5. The number of carbonyl (C=O) groups is 2. The van der Waals surface area contributed by atoms with Crippen LogP contribution < -0.4 is 5.32 Å². The lowest BCUT2D eigenvalue weighted by molar-refractivity contribution is -0.143. The van der Waals surface area contributed by atoms with E-state index >= 15 is 0 Å². The molecule has 0 aliphatic rings. The van der Waals surface area contributed by atoms with Gasteiger partial charge in [-0.2, -0.15) is 0 Å². The molecule has 1 amide bonds. The van der Waals surface area contributed by atoms with Gasteiger partial charge in [-0.1, -0.05) is 296 Å². The zero-order valence-corrected chi connectivity index (χ0v) is 46.1. The first-order chi connectivity index (χ1) is 33.5. The number of ether oxygens (including phenoxy) is 1. The Hall–Kier alpha value is -1.40. The maximum absolute atomic E-state index is 12.5. The molecule has 0 bridgehead atoms. The van der Waals surface area contributed by atoms with Crippen molar-refractivity contribution < 1.29 is 24.5 Å². The van der Waals surface area contributed by atoms with Crippen LogP contribution in [0.15, 0.2) is 12.2 Å². The second-order valence-electron chi connectivity index (χ2n) is 21.4. The van der Waals surface area contributed by atoms with E-state index < -0.39 is 12.1 Å². The lowest BCUT2D eigenvalue weighted by Gasteiger charge is -2.22. The summed E-state index contributed by atoms with van der Waals surface area (Å²) in [6.07, 6.45) is 69.4. The number of allylic oxidation sites excluding steroid dienone is 2. The second-order valence-corrected chi connectivity index (χ2v) is 21.4. The van der Waals surface area contributed by atoms with Crippen molar-refractivity contribution in [2.24, 2.45) is 0 Å². The molecule has 404 valence electrons. The minimum absolute atomic E-state index is 0.0163. The lowest BCUT2D eigenvalue weighted by atomic mass is 10.0. The zero-order chi connectivity index (χ0) is 49.3. The summed E-state index contributed by atoms with van der Waals surface area (Å²) < 4.78 is 5.48. The number of unbranched alkanes of at least 4 members (excludes halogenated alkanes) is 45. The molecule has 68 heavy (non-hydrogen) atoms. The fourth-order valence-electron chi connectivity index (χ4n) is 9.81. The molecule has 0 aromatic rings. The molecule has 0 saturated heterocycles. The van der Waals surface area contributed by atoms with Crippen molar-refractivity contribution in [2.45, 2.75) is 360 Å². The molecule has 0 rings (SSSR count). The normalized spacial score (nSPS) is 12.6. The Morgan fingerprint density at radius 1 is 0.397 bits per heavy atom. The van der Waals surface area contributed by atoms with Crippen molar-refractivity contribution in [2.75, 3.05) is 13.2 Å². The van der Waals surface area contributed by atoms with Gasteiger partial charge in [0.15, 0.2) is 0 Å². The van der Waals surface area contributed by atoms with Crippen molar-refractivity contribution in [3.05, 3.63) is 12.2 Å². The average molecular weight is 961 g/mol. The van der Waals surface area contributed by atoms with Crippen molar-refractivity contribution in [3.63, 3.8) is 0 Å². The van der Waals surface area contributed by atoms with Gasteiger partial charge in [0.05, 0.1) is 25.4 Å². The molecule has 0 aliphatic carbocycles. The van der Waals surface area contributed by atoms with Crippen LogP contribution in [0.2, 0.25) is 0 Å². The summed E-state index contributed by atoms with van der Waals surface area (Å²) in [5.41, 5.74) is 0. The number of hydrogen-bond acceptors (Lipinski definition) is 5. The van der Waals surface area contributed by atoms with E-state index in [1.54, 1.807) is 0 Å². The molecule has 2 atom stereocenters. The summed E-state index contributed by atoms with van der Waals surface area (Å²) in [5, 5.41) is 23.2. The Balaban J connectivity index is 3.36. The van der Waals surface area contributed by atoms with E-state index in [2.05, 4.69) is 31.3 Å². The fourth-order valence-corrected chi connectivity index (χ4v) is 9.81. The van der Waals surface area contributed by atoms with Crippen LogP contribution in [0.3, 0.4) is 0 Å². The Bertz CT molecular complexity index is 1020. The molecule has 0 heterocycles. The monoisotopic (exact) mass is 960 g/mol. The zero-order valence-electron chi connectivity index (χ0n) is 46.1. The van der Waals surface area contributed by atoms with Crippen LogP contribution in [0.1, 0.15) is 348 Å². The number of amides is 1. The fraction of sp³-hybridized carbons (Fsp3) is 0.935. The third-order valence-electron chi connectivity index (χ3n) is 14.6. The number of aliphatic hydroxyl groups excluding tert-OH is 2. The molecule has 0 aromatic heterocycles. The predicted octanol–water partition coefficient (Wildman–Crippen LogP) is 19.2. The first kappa shape index (κ1) is 66.6. The molecule has 3 N–H and O–H groups in total. The second kappa shape index (κ2) is 58.2. The van der Waals surface area contributed by atoms with E-state index in [0.29, 0.717) is 25.9 Å². The van der Waals surface area contributed by atoms with E-state index in [-0.39, 0.29) is 18.5 Å². The molecule has 6 nitrogen and oxygen atoms in total. The van der Waals surface area contributed by atoms with Crippen molar-refractivity contribution >= 4 is 11.9 Å². The van der Waals surface area contributed by atoms with Crippen molar-refractivity contribution in [1.29, 1.82) is 0 Å². The highest BCUT2D eigenvalue weighted by Gasteiger charge is 2.20. The topological polar surface area (TPSA) is 95.9 Å². The summed E-state index contributed by atoms with van der Waals surface area (Å²) in [7, 11) is 0. The highest BCUT2D eigenvalue weighted by molar-refractivity contribution is 5.76. The quantitative estimate of drug-likeness (QED) is 0.0321. The number of aliphatic hydroxyl groups is 2. The maximum Gasteiger partial charge on any atom is 0.305 e. The van der Waals surface area contributed by atoms with Crippen LogP contribution >= 0.6 is 0 Å². The van der Waals surface area contributed by atoms with Gasteiger partial charge in [-0.3, -0.25) is 9.59 Å². The van der Waals surface area contributed by atoms with Gasteiger partial charge in [-0.15, -0.1) is 0 Å². The third-order valence-corrected chi connectivity index (χ3v) is 14.6. The molecule has 0 radical (unpaired) electrons. The molecular formula is C62H121NO5. The summed E-state index contributed by atoms with van der Waals surface area (Å²) in [6.45, 7) is 4.97. The SMILES string of the molecule is CCCCCCCCCCCCCCCC(=O)OCCCCCCCCCCCCCC/C=C\CCCCCCCCCCCCC(=O)NC(CO)C(O)CCCCCCCCCCCCCC. The van der Waals surface area contributed by atoms with Gasteiger partial charge in [-0.25, -0.2) is 0 Å². The highest BCUT2D eigenvalue weighted by atomic mass is 16.5. The Morgan fingerprint density at radius 2 is 0.691 bits per heavy atom. The van der Waals surface area contributed by atoms with E-state index in [1.807, 2.05) is 0 Å². The Morgan fingerprint density at radius 3 is 1.04 bits per heavy atom. The van der Waals surface area contributed by atoms with Gasteiger partial charge < -0.3 is 20.3 Å². The Labute approximate surface area is 425 Å². The summed E-state index contributed by atoms with van der Waals surface area (Å²) in [5.74, 6) is -0.0194. The standard InChI is InChI=1S/C62H121NO5/c1-3-5-7-9-11-13-15-31-36-40-44-48-52-56-62(67)68-57-53-49-45-41-37-33-30-28-26-24-22-20-18-17-19-21-23-25-27-29-32-35-39-43-47-51-55-61(66)63-59(58-64)60(65)54-50-46-42-38-34-16-14-12-10-8-6-4-2/h17,19,59-60,64-65H,3-16,18,20-58H2,1-2H3,(H,63,66)/b19-17-. The van der Waals surface area contributed by atoms with E-state index in [9.17, 15) is 19.8 Å². The van der Waals surface area contributed by atoms with E-state index in [0.717, 1.165) is 38.5 Å². The first-order valence-corrected chi connectivity index (χ1v) is 30.9. The predicted molar refractivity (Wildman–Crippen MR) is 297 cm³/mol. The smallest absolute Gasteiger partial charge is 0.305 e. The van der Waals surface area contributed by atoms with Crippen LogP contribution in [0.5, 0.6) is 0 Å². The minimum atomic E-state index is -0.663. The van der Waals surface area contributed by atoms with Gasteiger partial charge in [-0.05, 0) is 51.4 Å². The van der Waals surface area contributed by atoms with Crippen LogP contribution in [-0.2, 0) is 14.3 Å². The highest BCUT2D eigenvalue weighted by Crippen LogP contribution is 2.18. The van der Waals surface area contributed by atoms with E-state index in [1.165, 1.54) is 276 Å². The first-order valence-electron chi connectivity index (χ1n) is 30.9. The van der Waals surface area contributed by atoms with Gasteiger partial charge in [0, 0.05) is 12.8 Å². The Kier molecular flexibility index (Phi) is 57.0. The summed E-state index contributed by atoms with van der Waals surface area (Å²) >= 11 is 0. The molecule has 2 unspecified atom stereocenters. The summed E-state index contributed by atoms with van der Waals surface area (Å²) in [4.78, 5) is 24.5. The van der Waals surface area contributed by atoms with Crippen molar-refractivity contribution in [3.8, 4) is 0 Å². The molecule has 0 fully saturated rings. The van der Waals surface area contributed by atoms with Crippen LogP contribution in [-0.4, -0.2) is 47.4 Å². The molecule has 0 aliphatic heterocycles. The molecule has 0 saturated carbocycles. The van der Waals surface area contributed by atoms with Crippen molar-refractivity contribution in [1.82, 2.24) is 5.32 Å². The van der Waals surface area contributed by atoms with Gasteiger partial charge >= 0.3 is 5.97 Å². The number of nitrogens with one attached hydrogen (secondary N) is 1. The minimum Gasteiger partial charge on any atom is -0.466 e. The number of carbonyl (C=O) groups excluding carboxylic acids is 2. The number of rotatable bonds is 58. The molecule has 0 spiro atoms. The lowest BCUT2D eigenvalue weighted by Crippen LogP contribution is -2.45. The van der Waals surface area contributed by atoms with Crippen LogP contribution in [0, 0.1) is 0 Å². The average Bonchev–Trinajstić information content (AvgIpc) is 3.34. The van der Waals surface area contributed by atoms with Gasteiger partial charge in [0.25, 0.3) is 0 Å². The van der Waals surface area contributed by atoms with Gasteiger partial charge in [0.2, 0.25) is 5.91 Å². The van der Waals surface area contributed by atoms with E-state index in [4.69, 9.17) is 4.74 Å². The number of hydrogen-bond donors (Lipinski definition) is 3.